The number of halogens is 1. The normalized spacial score (nSPS) is 12.7. The van der Waals surface area contributed by atoms with Gasteiger partial charge in [-0.15, -0.1) is 0 Å². The van der Waals surface area contributed by atoms with Gasteiger partial charge >= 0.3 is 0 Å². The summed E-state index contributed by atoms with van der Waals surface area (Å²) in [5, 5.41) is 3.34. The van der Waals surface area contributed by atoms with Gasteiger partial charge in [0.05, 0.1) is 6.61 Å². The average molecular weight is 225 g/mol. The second-order valence-electron chi connectivity index (χ2n) is 3.75. The summed E-state index contributed by atoms with van der Waals surface area (Å²) in [5.41, 5.74) is 1.01. The van der Waals surface area contributed by atoms with Crippen molar-refractivity contribution in [2.45, 2.75) is 26.3 Å². The SMILES string of the molecule is CCNC(COCC)Cc1cccc(F)c1. The fourth-order valence-electron chi connectivity index (χ4n) is 1.69. The van der Waals surface area contributed by atoms with Crippen LogP contribution in [0.1, 0.15) is 19.4 Å². The van der Waals surface area contributed by atoms with E-state index in [1.165, 1.54) is 6.07 Å². The predicted molar refractivity (Wildman–Crippen MR) is 64.1 cm³/mol. The molecule has 1 atom stereocenters. The Morgan fingerprint density at radius 2 is 2.19 bits per heavy atom. The van der Waals surface area contributed by atoms with Crippen molar-refractivity contribution in [2.24, 2.45) is 0 Å². The first kappa shape index (κ1) is 13.1. The Labute approximate surface area is 96.8 Å². The minimum absolute atomic E-state index is 0.177. The van der Waals surface area contributed by atoms with E-state index in [2.05, 4.69) is 12.2 Å². The van der Waals surface area contributed by atoms with Crippen LogP contribution in [0.5, 0.6) is 0 Å². The molecule has 0 aliphatic carbocycles. The van der Waals surface area contributed by atoms with E-state index in [0.29, 0.717) is 13.2 Å². The van der Waals surface area contributed by atoms with E-state index >= 15 is 0 Å². The topological polar surface area (TPSA) is 21.3 Å². The van der Waals surface area contributed by atoms with E-state index in [0.717, 1.165) is 18.5 Å². The Morgan fingerprint density at radius 1 is 1.38 bits per heavy atom. The second-order valence-corrected chi connectivity index (χ2v) is 3.75. The molecule has 0 aliphatic rings. The van der Waals surface area contributed by atoms with Crippen LogP contribution in [0, 0.1) is 5.82 Å². The third-order valence-corrected chi connectivity index (χ3v) is 2.39. The van der Waals surface area contributed by atoms with E-state index in [4.69, 9.17) is 4.74 Å². The van der Waals surface area contributed by atoms with Gasteiger partial charge in [0.2, 0.25) is 0 Å². The molecule has 90 valence electrons. The molecule has 0 amide bonds. The van der Waals surface area contributed by atoms with E-state index in [1.807, 2.05) is 13.0 Å². The maximum absolute atomic E-state index is 13.0. The Bertz CT molecular complexity index is 304. The maximum atomic E-state index is 13.0. The minimum atomic E-state index is -0.177. The van der Waals surface area contributed by atoms with Crippen LogP contribution < -0.4 is 5.32 Å². The molecular formula is C13H20FNO. The zero-order valence-corrected chi connectivity index (χ0v) is 10.0. The fraction of sp³-hybridized carbons (Fsp3) is 0.538. The number of ether oxygens (including phenoxy) is 1. The highest BCUT2D eigenvalue weighted by atomic mass is 19.1. The molecule has 0 aromatic heterocycles. The van der Waals surface area contributed by atoms with Gasteiger partial charge in [-0.25, -0.2) is 4.39 Å². The van der Waals surface area contributed by atoms with Gasteiger partial charge in [-0.05, 0) is 37.6 Å². The van der Waals surface area contributed by atoms with Crippen molar-refractivity contribution in [3.8, 4) is 0 Å². The zero-order valence-electron chi connectivity index (χ0n) is 10.0. The van der Waals surface area contributed by atoms with Crippen LogP contribution in [-0.2, 0) is 11.2 Å². The van der Waals surface area contributed by atoms with Crippen LogP contribution in [-0.4, -0.2) is 25.8 Å². The summed E-state index contributed by atoms with van der Waals surface area (Å²) >= 11 is 0. The van der Waals surface area contributed by atoms with Crippen LogP contribution in [0.4, 0.5) is 4.39 Å². The van der Waals surface area contributed by atoms with Gasteiger partial charge in [-0.2, -0.15) is 0 Å². The lowest BCUT2D eigenvalue weighted by Crippen LogP contribution is -2.35. The van der Waals surface area contributed by atoms with Gasteiger partial charge in [-0.3, -0.25) is 0 Å². The first-order chi connectivity index (χ1) is 7.76. The maximum Gasteiger partial charge on any atom is 0.123 e. The lowest BCUT2D eigenvalue weighted by atomic mass is 10.1. The molecule has 1 aromatic rings. The summed E-state index contributed by atoms with van der Waals surface area (Å²) in [4.78, 5) is 0. The molecule has 1 aromatic carbocycles. The summed E-state index contributed by atoms with van der Waals surface area (Å²) < 4.78 is 18.4. The quantitative estimate of drug-likeness (QED) is 0.769. The fourth-order valence-corrected chi connectivity index (χ4v) is 1.69. The van der Waals surface area contributed by atoms with Gasteiger partial charge in [0.15, 0.2) is 0 Å². The molecule has 2 nitrogen and oxygen atoms in total. The summed E-state index contributed by atoms with van der Waals surface area (Å²) in [6.07, 6.45) is 0.797. The standard InChI is InChI=1S/C13H20FNO/c1-3-15-13(10-16-4-2)9-11-6-5-7-12(14)8-11/h5-8,13,15H,3-4,9-10H2,1-2H3. The first-order valence-electron chi connectivity index (χ1n) is 5.81. The molecule has 0 fully saturated rings. The molecule has 0 bridgehead atoms. The Hall–Kier alpha value is -0.930. The highest BCUT2D eigenvalue weighted by Crippen LogP contribution is 2.07. The van der Waals surface area contributed by atoms with Crippen molar-refractivity contribution >= 4 is 0 Å². The summed E-state index contributed by atoms with van der Waals surface area (Å²) in [6, 6.07) is 6.99. The highest BCUT2D eigenvalue weighted by molar-refractivity contribution is 5.17. The monoisotopic (exact) mass is 225 g/mol. The van der Waals surface area contributed by atoms with Crippen molar-refractivity contribution in [1.82, 2.24) is 5.32 Å². The summed E-state index contributed by atoms with van der Waals surface area (Å²) in [6.45, 7) is 6.31. The predicted octanol–water partition coefficient (Wildman–Crippen LogP) is 2.38. The molecule has 1 N–H and O–H groups in total. The molecule has 0 spiro atoms. The van der Waals surface area contributed by atoms with Crippen molar-refractivity contribution in [1.29, 1.82) is 0 Å². The van der Waals surface area contributed by atoms with E-state index < -0.39 is 0 Å². The molecule has 0 saturated carbocycles. The van der Waals surface area contributed by atoms with E-state index in [9.17, 15) is 4.39 Å². The van der Waals surface area contributed by atoms with Crippen LogP contribution in [0.3, 0.4) is 0 Å². The van der Waals surface area contributed by atoms with E-state index in [1.54, 1.807) is 12.1 Å². The molecule has 0 heterocycles. The molecule has 1 unspecified atom stereocenters. The van der Waals surface area contributed by atoms with Gasteiger partial charge in [0, 0.05) is 12.6 Å². The van der Waals surface area contributed by atoms with Gasteiger partial charge in [-0.1, -0.05) is 19.1 Å². The lowest BCUT2D eigenvalue weighted by Gasteiger charge is -2.17. The van der Waals surface area contributed by atoms with Crippen molar-refractivity contribution < 1.29 is 9.13 Å². The third-order valence-electron chi connectivity index (χ3n) is 2.39. The molecule has 0 radical (unpaired) electrons. The molecule has 0 aliphatic heterocycles. The first-order valence-corrected chi connectivity index (χ1v) is 5.81. The molecule has 0 saturated heterocycles. The summed E-state index contributed by atoms with van der Waals surface area (Å²) in [7, 11) is 0. The van der Waals surface area contributed by atoms with Crippen LogP contribution >= 0.6 is 0 Å². The molecule has 16 heavy (non-hydrogen) atoms. The zero-order chi connectivity index (χ0) is 11.8. The molecule has 1 rings (SSSR count). The number of nitrogens with one attached hydrogen (secondary N) is 1. The van der Waals surface area contributed by atoms with Gasteiger partial charge in [0.1, 0.15) is 5.82 Å². The molecule has 3 heteroatoms. The van der Waals surface area contributed by atoms with Crippen LogP contribution in [0.2, 0.25) is 0 Å². The van der Waals surface area contributed by atoms with Crippen LogP contribution in [0.15, 0.2) is 24.3 Å². The van der Waals surface area contributed by atoms with E-state index in [-0.39, 0.29) is 11.9 Å². The van der Waals surface area contributed by atoms with Crippen LogP contribution in [0.25, 0.3) is 0 Å². The average Bonchev–Trinajstić information content (AvgIpc) is 2.26. The van der Waals surface area contributed by atoms with Crippen molar-refractivity contribution in [2.75, 3.05) is 19.8 Å². The number of rotatable bonds is 7. The van der Waals surface area contributed by atoms with Crippen molar-refractivity contribution in [3.05, 3.63) is 35.6 Å². The smallest absolute Gasteiger partial charge is 0.123 e. The Morgan fingerprint density at radius 3 is 2.81 bits per heavy atom. The number of hydrogen-bond acceptors (Lipinski definition) is 2. The second kappa shape index (κ2) is 7.36. The van der Waals surface area contributed by atoms with Gasteiger partial charge < -0.3 is 10.1 Å². The van der Waals surface area contributed by atoms with Crippen molar-refractivity contribution in [3.63, 3.8) is 0 Å². The largest absolute Gasteiger partial charge is 0.380 e. The third kappa shape index (κ3) is 4.73. The van der Waals surface area contributed by atoms with Gasteiger partial charge in [0.25, 0.3) is 0 Å². The number of hydrogen-bond donors (Lipinski definition) is 1. The lowest BCUT2D eigenvalue weighted by molar-refractivity contribution is 0.123. The highest BCUT2D eigenvalue weighted by Gasteiger charge is 2.08. The Balaban J connectivity index is 2.52. The summed E-state index contributed by atoms with van der Waals surface area (Å²) in [5.74, 6) is -0.177. The minimum Gasteiger partial charge on any atom is -0.380 e. The number of likely N-dealkylation sites (N-methyl/N-ethyl adjacent to an activating group) is 1. The number of benzene rings is 1. The molecular weight excluding hydrogens is 205 g/mol. The Kier molecular flexibility index (Phi) is 6.04.